The number of aromatic hydroxyl groups is 1. The summed E-state index contributed by atoms with van der Waals surface area (Å²) in [6, 6.07) is 15.4. The van der Waals surface area contributed by atoms with E-state index < -0.39 is 17.7 Å². The molecule has 0 aliphatic carbocycles. The topological polar surface area (TPSA) is 100 Å². The second kappa shape index (κ2) is 8.39. The number of aliphatic hydroxyl groups excluding tert-OH is 1. The van der Waals surface area contributed by atoms with Crippen molar-refractivity contribution < 1.29 is 29.0 Å². The van der Waals surface area contributed by atoms with Crippen molar-refractivity contribution in [2.24, 2.45) is 0 Å². The van der Waals surface area contributed by atoms with Gasteiger partial charge in [0.15, 0.2) is 0 Å². The van der Waals surface area contributed by atoms with Crippen molar-refractivity contribution in [1.82, 2.24) is 4.90 Å². The molecule has 0 saturated carbocycles. The normalized spacial score (nSPS) is 17.8. The maximum absolute atomic E-state index is 13.0. The fraction of sp³-hybridized carbons (Fsp3) is 0.167. The van der Waals surface area contributed by atoms with Gasteiger partial charge in [-0.25, -0.2) is 0 Å². The summed E-state index contributed by atoms with van der Waals surface area (Å²) >= 11 is 0. The molecule has 0 radical (unpaired) electrons. The summed E-state index contributed by atoms with van der Waals surface area (Å²) in [6.07, 6.45) is 1.48. The van der Waals surface area contributed by atoms with Gasteiger partial charge in [0.05, 0.1) is 31.0 Å². The van der Waals surface area contributed by atoms with Gasteiger partial charge >= 0.3 is 0 Å². The Morgan fingerprint density at radius 2 is 1.87 bits per heavy atom. The Balaban J connectivity index is 1.82. The number of ketones is 1. The number of carbonyl (C=O) groups is 2. The molecular formula is C24H21NO6. The van der Waals surface area contributed by atoms with Crippen LogP contribution in [0.3, 0.4) is 0 Å². The molecule has 0 bridgehead atoms. The Kier molecular flexibility index (Phi) is 5.49. The van der Waals surface area contributed by atoms with Gasteiger partial charge in [-0.1, -0.05) is 12.1 Å². The molecule has 31 heavy (non-hydrogen) atoms. The first-order valence-corrected chi connectivity index (χ1v) is 9.82. The number of hydrogen-bond donors (Lipinski definition) is 2. The second-order valence-electron chi connectivity index (χ2n) is 7.06. The van der Waals surface area contributed by atoms with Crippen molar-refractivity contribution in [2.45, 2.75) is 19.5 Å². The van der Waals surface area contributed by atoms with E-state index in [1.807, 2.05) is 6.92 Å². The highest BCUT2D eigenvalue weighted by molar-refractivity contribution is 6.46. The van der Waals surface area contributed by atoms with Crippen molar-refractivity contribution in [3.8, 4) is 11.5 Å². The quantitative estimate of drug-likeness (QED) is 0.356. The summed E-state index contributed by atoms with van der Waals surface area (Å²) in [4.78, 5) is 27.2. The molecule has 3 aromatic rings. The third-order valence-corrected chi connectivity index (χ3v) is 5.07. The molecule has 0 spiro atoms. The van der Waals surface area contributed by atoms with Crippen LogP contribution in [0.2, 0.25) is 0 Å². The van der Waals surface area contributed by atoms with Gasteiger partial charge in [0.25, 0.3) is 11.7 Å². The summed E-state index contributed by atoms with van der Waals surface area (Å²) in [5.41, 5.74) is 0.828. The van der Waals surface area contributed by atoms with E-state index in [2.05, 4.69) is 0 Å². The van der Waals surface area contributed by atoms with Crippen LogP contribution in [0.5, 0.6) is 11.5 Å². The van der Waals surface area contributed by atoms with Crippen LogP contribution in [0.15, 0.2) is 76.9 Å². The van der Waals surface area contributed by atoms with Crippen molar-refractivity contribution in [1.29, 1.82) is 0 Å². The zero-order valence-electron chi connectivity index (χ0n) is 16.8. The lowest BCUT2D eigenvalue weighted by Crippen LogP contribution is -2.29. The molecule has 2 aromatic carbocycles. The van der Waals surface area contributed by atoms with Crippen LogP contribution in [-0.4, -0.2) is 33.4 Å². The number of furan rings is 1. The predicted molar refractivity (Wildman–Crippen MR) is 112 cm³/mol. The minimum Gasteiger partial charge on any atom is -0.508 e. The van der Waals surface area contributed by atoms with E-state index in [1.165, 1.54) is 23.3 Å². The SMILES string of the molecule is CCOc1ccc(C(O)=C2C(=O)C(=O)N(Cc3ccco3)C2c2cccc(O)c2)cc1. The van der Waals surface area contributed by atoms with Gasteiger partial charge in [-0.05, 0) is 61.0 Å². The van der Waals surface area contributed by atoms with Crippen LogP contribution in [0.4, 0.5) is 0 Å². The minimum absolute atomic E-state index is 0.0119. The number of nitrogens with zero attached hydrogens (tertiary/aromatic N) is 1. The zero-order valence-corrected chi connectivity index (χ0v) is 16.8. The van der Waals surface area contributed by atoms with Crippen LogP contribution in [0.1, 0.15) is 29.9 Å². The van der Waals surface area contributed by atoms with Gasteiger partial charge < -0.3 is 24.3 Å². The first-order chi connectivity index (χ1) is 15.0. The average Bonchev–Trinajstić information content (AvgIpc) is 3.36. The molecule has 1 unspecified atom stereocenters. The minimum atomic E-state index is -0.885. The molecule has 1 aliphatic rings. The van der Waals surface area contributed by atoms with E-state index in [0.717, 1.165) is 0 Å². The van der Waals surface area contributed by atoms with E-state index in [1.54, 1.807) is 48.5 Å². The summed E-state index contributed by atoms with van der Waals surface area (Å²) in [6.45, 7) is 2.41. The molecule has 158 valence electrons. The highest BCUT2D eigenvalue weighted by Crippen LogP contribution is 2.41. The average molecular weight is 419 g/mol. The highest BCUT2D eigenvalue weighted by Gasteiger charge is 2.46. The lowest BCUT2D eigenvalue weighted by Gasteiger charge is -2.24. The third kappa shape index (κ3) is 3.90. The summed E-state index contributed by atoms with van der Waals surface area (Å²) < 4.78 is 10.8. The van der Waals surface area contributed by atoms with Crippen molar-refractivity contribution in [3.63, 3.8) is 0 Å². The summed E-state index contributed by atoms with van der Waals surface area (Å²) in [7, 11) is 0. The second-order valence-corrected chi connectivity index (χ2v) is 7.06. The van der Waals surface area contributed by atoms with Crippen LogP contribution < -0.4 is 4.74 Å². The van der Waals surface area contributed by atoms with E-state index in [9.17, 15) is 19.8 Å². The highest BCUT2D eigenvalue weighted by atomic mass is 16.5. The standard InChI is InChI=1S/C24H21NO6/c1-2-30-18-10-8-15(9-11-18)22(27)20-21(16-5-3-6-17(26)13-16)25(24(29)23(20)28)14-19-7-4-12-31-19/h3-13,21,26-27H,2,14H2,1H3. The molecule has 7 heteroatoms. The summed E-state index contributed by atoms with van der Waals surface area (Å²) in [5.74, 6) is -0.739. The Morgan fingerprint density at radius 3 is 2.52 bits per heavy atom. The number of amides is 1. The number of ether oxygens (including phenoxy) is 1. The van der Waals surface area contributed by atoms with Crippen LogP contribution in [-0.2, 0) is 16.1 Å². The van der Waals surface area contributed by atoms with Crippen molar-refractivity contribution in [2.75, 3.05) is 6.61 Å². The van der Waals surface area contributed by atoms with Crippen LogP contribution in [0, 0.1) is 0 Å². The first kappa shape index (κ1) is 20.3. The molecular weight excluding hydrogens is 398 g/mol. The smallest absolute Gasteiger partial charge is 0.296 e. The molecule has 1 aromatic heterocycles. The van der Waals surface area contributed by atoms with Gasteiger partial charge in [0, 0.05) is 5.56 Å². The number of rotatable bonds is 6. The van der Waals surface area contributed by atoms with Crippen molar-refractivity contribution in [3.05, 3.63) is 89.4 Å². The van der Waals surface area contributed by atoms with Crippen LogP contribution in [0.25, 0.3) is 5.76 Å². The van der Waals surface area contributed by atoms with Gasteiger partial charge in [-0.3, -0.25) is 9.59 Å². The largest absolute Gasteiger partial charge is 0.508 e. The molecule has 1 fully saturated rings. The van der Waals surface area contributed by atoms with E-state index in [0.29, 0.717) is 29.2 Å². The molecule has 1 aliphatic heterocycles. The number of phenolic OH excluding ortho intramolecular Hbond substituents is 1. The number of benzene rings is 2. The predicted octanol–water partition coefficient (Wildman–Crippen LogP) is 4.01. The fourth-order valence-corrected chi connectivity index (χ4v) is 3.69. The van der Waals surface area contributed by atoms with E-state index in [4.69, 9.17) is 9.15 Å². The van der Waals surface area contributed by atoms with Crippen molar-refractivity contribution >= 4 is 17.4 Å². The van der Waals surface area contributed by atoms with Gasteiger partial charge in [-0.2, -0.15) is 0 Å². The monoisotopic (exact) mass is 419 g/mol. The maximum Gasteiger partial charge on any atom is 0.296 e. The molecule has 1 saturated heterocycles. The van der Waals surface area contributed by atoms with Crippen LogP contribution >= 0.6 is 0 Å². The Hall–Kier alpha value is -4.00. The lowest BCUT2D eigenvalue weighted by molar-refractivity contribution is -0.140. The molecule has 7 nitrogen and oxygen atoms in total. The zero-order chi connectivity index (χ0) is 22.0. The van der Waals surface area contributed by atoms with Gasteiger partial charge in [-0.15, -0.1) is 0 Å². The number of likely N-dealkylation sites (tertiary alicyclic amines) is 1. The molecule has 1 amide bonds. The van der Waals surface area contributed by atoms with Gasteiger partial charge in [0.1, 0.15) is 23.0 Å². The Bertz CT molecular complexity index is 1130. The molecule has 4 rings (SSSR count). The Labute approximate surface area is 178 Å². The number of phenols is 1. The fourth-order valence-electron chi connectivity index (χ4n) is 3.69. The molecule has 2 N–H and O–H groups in total. The van der Waals surface area contributed by atoms with E-state index >= 15 is 0 Å². The summed E-state index contributed by atoms with van der Waals surface area (Å²) in [5, 5.41) is 21.0. The van der Waals surface area contributed by atoms with E-state index in [-0.39, 0.29) is 23.6 Å². The third-order valence-electron chi connectivity index (χ3n) is 5.07. The van der Waals surface area contributed by atoms with Gasteiger partial charge in [0.2, 0.25) is 0 Å². The number of hydrogen-bond acceptors (Lipinski definition) is 6. The maximum atomic E-state index is 13.0. The number of carbonyl (C=O) groups excluding carboxylic acids is 2. The number of Topliss-reactive ketones (excluding diaryl/α,β-unsaturated/α-hetero) is 1. The molecule has 1 atom stereocenters. The Morgan fingerprint density at radius 1 is 1.10 bits per heavy atom. The molecule has 2 heterocycles. The number of aliphatic hydroxyl groups is 1. The first-order valence-electron chi connectivity index (χ1n) is 9.82. The lowest BCUT2D eigenvalue weighted by atomic mass is 9.95.